The minimum atomic E-state index is -0.514. The Labute approximate surface area is 105 Å². The number of nitrogens with one attached hydrogen (secondary N) is 2. The van der Waals surface area contributed by atoms with Gasteiger partial charge in [-0.1, -0.05) is 6.92 Å². The molecule has 0 aliphatic heterocycles. The zero-order valence-electron chi connectivity index (χ0n) is 10.6. The Morgan fingerprint density at radius 3 is 2.72 bits per heavy atom. The van der Waals surface area contributed by atoms with Gasteiger partial charge in [-0.15, -0.1) is 0 Å². The Kier molecular flexibility index (Phi) is 5.31. The molecule has 0 saturated heterocycles. The van der Waals surface area contributed by atoms with Crippen molar-refractivity contribution in [2.45, 2.75) is 13.3 Å². The van der Waals surface area contributed by atoms with Crippen LogP contribution in [-0.4, -0.2) is 35.0 Å². The summed E-state index contributed by atoms with van der Waals surface area (Å²) in [5.74, 6) is -0.302. The van der Waals surface area contributed by atoms with Crippen LogP contribution in [0.5, 0.6) is 0 Å². The molecule has 1 aromatic heterocycles. The molecule has 0 atom stereocenters. The smallest absolute Gasteiger partial charge is 0.287 e. The van der Waals surface area contributed by atoms with E-state index >= 15 is 0 Å². The number of carbonyl (C=O) groups is 1. The maximum atomic E-state index is 11.8. The van der Waals surface area contributed by atoms with Crippen LogP contribution in [0.15, 0.2) is 12.3 Å². The van der Waals surface area contributed by atoms with E-state index in [2.05, 4.69) is 17.6 Å². The Balaban J connectivity index is 2.48. The molecule has 2 N–H and O–H groups in total. The number of hydrogen-bond donors (Lipinski definition) is 2. The molecule has 0 bridgehead atoms. The highest BCUT2D eigenvalue weighted by Gasteiger charge is 2.16. The molecule has 0 aromatic carbocycles. The largest absolute Gasteiger partial charge is 0.349 e. The molecule has 1 aromatic rings. The highest BCUT2D eigenvalue weighted by Crippen LogP contribution is 2.14. The topological polar surface area (TPSA) is 89.2 Å². The highest BCUT2D eigenvalue weighted by molar-refractivity contribution is 5.93. The molecule has 100 valence electrons. The molecule has 0 aliphatic rings. The van der Waals surface area contributed by atoms with E-state index in [1.165, 1.54) is 16.8 Å². The average Bonchev–Trinajstić information content (AvgIpc) is 2.71. The second-order valence-electron chi connectivity index (χ2n) is 3.96. The number of aromatic nitrogens is 1. The number of carbonyl (C=O) groups excluding carboxylic acids is 1. The zero-order valence-corrected chi connectivity index (χ0v) is 10.6. The van der Waals surface area contributed by atoms with Crippen molar-refractivity contribution in [1.82, 2.24) is 15.2 Å². The van der Waals surface area contributed by atoms with Crippen LogP contribution >= 0.6 is 0 Å². The Morgan fingerprint density at radius 1 is 1.44 bits per heavy atom. The van der Waals surface area contributed by atoms with Crippen molar-refractivity contribution in [3.63, 3.8) is 0 Å². The van der Waals surface area contributed by atoms with E-state index in [9.17, 15) is 14.9 Å². The standard InChI is InChI=1S/C11H18N4O3/c1-3-4-12-5-6-13-11(16)10-7-9(15(17)18)8-14(10)2/h7-8,12H,3-6H2,1-2H3,(H,13,16). The van der Waals surface area contributed by atoms with Gasteiger partial charge >= 0.3 is 0 Å². The summed E-state index contributed by atoms with van der Waals surface area (Å²) in [6, 6.07) is 1.27. The fourth-order valence-electron chi connectivity index (χ4n) is 1.53. The highest BCUT2D eigenvalue weighted by atomic mass is 16.6. The van der Waals surface area contributed by atoms with Gasteiger partial charge in [0, 0.05) is 26.2 Å². The molecule has 0 fully saturated rings. The van der Waals surface area contributed by atoms with E-state index in [-0.39, 0.29) is 17.3 Å². The summed E-state index contributed by atoms with van der Waals surface area (Å²) in [6.45, 7) is 4.16. The van der Waals surface area contributed by atoms with Gasteiger partial charge in [0.1, 0.15) is 5.69 Å². The molecule has 0 saturated carbocycles. The third kappa shape index (κ3) is 3.85. The molecule has 1 rings (SSSR count). The van der Waals surface area contributed by atoms with Crippen molar-refractivity contribution in [2.24, 2.45) is 7.05 Å². The lowest BCUT2D eigenvalue weighted by atomic mass is 10.4. The molecule has 0 aliphatic carbocycles. The third-order valence-electron chi connectivity index (χ3n) is 2.45. The van der Waals surface area contributed by atoms with Crippen molar-refractivity contribution >= 4 is 11.6 Å². The van der Waals surface area contributed by atoms with Gasteiger partial charge in [-0.2, -0.15) is 0 Å². The van der Waals surface area contributed by atoms with Crippen LogP contribution in [0.3, 0.4) is 0 Å². The molecule has 1 amide bonds. The van der Waals surface area contributed by atoms with Gasteiger partial charge < -0.3 is 15.2 Å². The van der Waals surface area contributed by atoms with Gasteiger partial charge in [-0.25, -0.2) is 0 Å². The third-order valence-corrected chi connectivity index (χ3v) is 2.45. The van der Waals surface area contributed by atoms with E-state index in [0.29, 0.717) is 13.1 Å². The summed E-state index contributed by atoms with van der Waals surface area (Å²) in [4.78, 5) is 21.8. The summed E-state index contributed by atoms with van der Waals surface area (Å²) >= 11 is 0. The summed E-state index contributed by atoms with van der Waals surface area (Å²) in [7, 11) is 1.61. The summed E-state index contributed by atoms with van der Waals surface area (Å²) in [6.07, 6.45) is 2.36. The Hall–Kier alpha value is -1.89. The van der Waals surface area contributed by atoms with Crippen LogP contribution in [0.1, 0.15) is 23.8 Å². The summed E-state index contributed by atoms with van der Waals surface area (Å²) in [5, 5.41) is 16.4. The number of rotatable bonds is 7. The number of aryl methyl sites for hydroxylation is 1. The van der Waals surface area contributed by atoms with E-state index in [4.69, 9.17) is 0 Å². The van der Waals surface area contributed by atoms with E-state index < -0.39 is 4.92 Å². The van der Waals surface area contributed by atoms with Crippen LogP contribution in [0.25, 0.3) is 0 Å². The molecular weight excluding hydrogens is 236 g/mol. The maximum absolute atomic E-state index is 11.8. The summed E-state index contributed by atoms with van der Waals surface area (Å²) in [5.41, 5.74) is 0.212. The first kappa shape index (κ1) is 14.2. The van der Waals surface area contributed by atoms with Crippen molar-refractivity contribution in [3.05, 3.63) is 28.1 Å². The van der Waals surface area contributed by atoms with E-state index in [1.807, 2.05) is 0 Å². The van der Waals surface area contributed by atoms with Gasteiger partial charge in [-0.3, -0.25) is 14.9 Å². The predicted octanol–water partition coefficient (Wildman–Crippen LogP) is 0.663. The van der Waals surface area contributed by atoms with Crippen LogP contribution in [0.2, 0.25) is 0 Å². The fourth-order valence-corrected chi connectivity index (χ4v) is 1.53. The lowest BCUT2D eigenvalue weighted by Gasteiger charge is -2.06. The quantitative estimate of drug-likeness (QED) is 0.425. The predicted molar refractivity (Wildman–Crippen MR) is 67.6 cm³/mol. The number of hydrogen-bond acceptors (Lipinski definition) is 4. The van der Waals surface area contributed by atoms with Gasteiger partial charge in [0.25, 0.3) is 11.6 Å². The van der Waals surface area contributed by atoms with Crippen LogP contribution in [0.4, 0.5) is 5.69 Å². The van der Waals surface area contributed by atoms with Crippen molar-refractivity contribution in [1.29, 1.82) is 0 Å². The molecule has 1 heterocycles. The van der Waals surface area contributed by atoms with E-state index in [0.717, 1.165) is 13.0 Å². The molecular formula is C11H18N4O3. The van der Waals surface area contributed by atoms with Crippen LogP contribution in [0, 0.1) is 10.1 Å². The average molecular weight is 254 g/mol. The molecule has 0 radical (unpaired) electrons. The maximum Gasteiger partial charge on any atom is 0.287 e. The zero-order chi connectivity index (χ0) is 13.5. The minimum Gasteiger partial charge on any atom is -0.349 e. The first-order valence-electron chi connectivity index (χ1n) is 5.86. The van der Waals surface area contributed by atoms with Crippen molar-refractivity contribution < 1.29 is 9.72 Å². The van der Waals surface area contributed by atoms with Gasteiger partial charge in [-0.05, 0) is 13.0 Å². The normalized spacial score (nSPS) is 10.3. The first-order chi connectivity index (χ1) is 8.56. The van der Waals surface area contributed by atoms with Gasteiger partial charge in [0.2, 0.25) is 0 Å². The number of nitrogens with zero attached hydrogens (tertiary/aromatic N) is 2. The second kappa shape index (κ2) is 6.75. The van der Waals surface area contributed by atoms with Crippen molar-refractivity contribution in [3.8, 4) is 0 Å². The first-order valence-corrected chi connectivity index (χ1v) is 5.86. The monoisotopic (exact) mass is 254 g/mol. The van der Waals surface area contributed by atoms with E-state index in [1.54, 1.807) is 7.05 Å². The molecule has 0 unspecified atom stereocenters. The van der Waals surface area contributed by atoms with Crippen molar-refractivity contribution in [2.75, 3.05) is 19.6 Å². The SMILES string of the molecule is CCCNCCNC(=O)c1cc([N+](=O)[O-])cn1C. The Morgan fingerprint density at radius 2 is 2.17 bits per heavy atom. The molecule has 0 spiro atoms. The molecule has 7 heteroatoms. The molecule has 18 heavy (non-hydrogen) atoms. The van der Waals surface area contributed by atoms with Gasteiger partial charge in [0.15, 0.2) is 0 Å². The van der Waals surface area contributed by atoms with Gasteiger partial charge in [0.05, 0.1) is 11.1 Å². The number of amides is 1. The second-order valence-corrected chi connectivity index (χ2v) is 3.96. The lowest BCUT2D eigenvalue weighted by molar-refractivity contribution is -0.384. The Bertz CT molecular complexity index is 428. The number of nitro groups is 1. The lowest BCUT2D eigenvalue weighted by Crippen LogP contribution is -2.32. The summed E-state index contributed by atoms with van der Waals surface area (Å²) < 4.78 is 1.45. The minimum absolute atomic E-state index is 0.0771. The van der Waals surface area contributed by atoms with Crippen LogP contribution in [-0.2, 0) is 7.05 Å². The van der Waals surface area contributed by atoms with Crippen LogP contribution < -0.4 is 10.6 Å². The fraction of sp³-hybridized carbons (Fsp3) is 0.545. The molecule has 7 nitrogen and oxygen atoms in total.